The van der Waals surface area contributed by atoms with Gasteiger partial charge in [0, 0.05) is 12.4 Å². The van der Waals surface area contributed by atoms with Gasteiger partial charge in [-0.05, 0) is 55.1 Å². The monoisotopic (exact) mass is 270 g/mol. The molecule has 1 nitrogen and oxygen atoms in total. The molecule has 2 aliphatic rings. The van der Waals surface area contributed by atoms with E-state index in [9.17, 15) is 0 Å². The standard InChI is InChI=1S/C16H30OS/c1-5-14(17-4)8-7-13-10-18-16-12(3)11(2)6-9-15(13)16/h11-16H,5-10H2,1-4H3. The second-order valence-electron chi connectivity index (χ2n) is 6.48. The molecule has 2 heteroatoms. The van der Waals surface area contributed by atoms with Crippen LogP contribution in [0.3, 0.4) is 0 Å². The Balaban J connectivity index is 1.85. The van der Waals surface area contributed by atoms with Gasteiger partial charge in [-0.15, -0.1) is 0 Å². The molecule has 0 aromatic heterocycles. The van der Waals surface area contributed by atoms with E-state index in [1.54, 1.807) is 0 Å². The van der Waals surface area contributed by atoms with E-state index < -0.39 is 0 Å². The fraction of sp³-hybridized carbons (Fsp3) is 1.00. The molecule has 0 amide bonds. The van der Waals surface area contributed by atoms with Crippen molar-refractivity contribution in [2.75, 3.05) is 12.9 Å². The summed E-state index contributed by atoms with van der Waals surface area (Å²) < 4.78 is 5.53. The number of fused-ring (bicyclic) bond motifs is 1. The average molecular weight is 270 g/mol. The lowest BCUT2D eigenvalue weighted by Gasteiger charge is -2.37. The molecule has 6 atom stereocenters. The van der Waals surface area contributed by atoms with E-state index in [0.717, 1.165) is 35.3 Å². The predicted octanol–water partition coefficient (Wildman–Crippen LogP) is 4.61. The number of thioether (sulfide) groups is 1. The van der Waals surface area contributed by atoms with Gasteiger partial charge in [-0.3, -0.25) is 0 Å². The zero-order valence-electron chi connectivity index (χ0n) is 12.5. The molecule has 1 saturated carbocycles. The predicted molar refractivity (Wildman–Crippen MR) is 81.1 cm³/mol. The highest BCUT2D eigenvalue weighted by Gasteiger charge is 2.43. The molecule has 0 bridgehead atoms. The van der Waals surface area contributed by atoms with Crippen LogP contribution in [0.4, 0.5) is 0 Å². The summed E-state index contributed by atoms with van der Waals surface area (Å²) in [6.07, 6.45) is 7.26. The highest BCUT2D eigenvalue weighted by molar-refractivity contribution is 8.00. The Morgan fingerprint density at radius 1 is 1.28 bits per heavy atom. The van der Waals surface area contributed by atoms with E-state index >= 15 is 0 Å². The average Bonchev–Trinajstić information content (AvgIpc) is 2.79. The van der Waals surface area contributed by atoms with Crippen LogP contribution in [0.25, 0.3) is 0 Å². The first-order valence-electron chi connectivity index (χ1n) is 7.81. The molecule has 18 heavy (non-hydrogen) atoms. The summed E-state index contributed by atoms with van der Waals surface area (Å²) in [7, 11) is 1.87. The van der Waals surface area contributed by atoms with Crippen LogP contribution in [0.2, 0.25) is 0 Å². The summed E-state index contributed by atoms with van der Waals surface area (Å²) in [6, 6.07) is 0. The second kappa shape index (κ2) is 6.65. The molecule has 1 saturated heterocycles. The summed E-state index contributed by atoms with van der Waals surface area (Å²) in [6.45, 7) is 7.18. The Hall–Kier alpha value is 0.310. The van der Waals surface area contributed by atoms with E-state index in [0.29, 0.717) is 6.10 Å². The van der Waals surface area contributed by atoms with Gasteiger partial charge in [-0.25, -0.2) is 0 Å². The van der Waals surface area contributed by atoms with Crippen LogP contribution in [0.15, 0.2) is 0 Å². The van der Waals surface area contributed by atoms with E-state index in [4.69, 9.17) is 4.74 Å². The third-order valence-corrected chi connectivity index (χ3v) is 7.33. The minimum Gasteiger partial charge on any atom is -0.381 e. The van der Waals surface area contributed by atoms with Crippen LogP contribution < -0.4 is 0 Å². The number of rotatable bonds is 5. The topological polar surface area (TPSA) is 9.23 Å². The lowest BCUT2D eigenvalue weighted by Crippen LogP contribution is -2.34. The Labute approximate surface area is 117 Å². The quantitative estimate of drug-likeness (QED) is 0.722. The Morgan fingerprint density at radius 3 is 2.72 bits per heavy atom. The summed E-state index contributed by atoms with van der Waals surface area (Å²) in [4.78, 5) is 0. The lowest BCUT2D eigenvalue weighted by molar-refractivity contribution is 0.0810. The molecule has 2 rings (SSSR count). The highest BCUT2D eigenvalue weighted by atomic mass is 32.2. The second-order valence-corrected chi connectivity index (χ2v) is 7.69. The van der Waals surface area contributed by atoms with Crippen LogP contribution in [-0.4, -0.2) is 24.2 Å². The van der Waals surface area contributed by atoms with Gasteiger partial charge in [0.05, 0.1) is 6.10 Å². The van der Waals surface area contributed by atoms with Crippen molar-refractivity contribution in [3.8, 4) is 0 Å². The smallest absolute Gasteiger partial charge is 0.0568 e. The minimum absolute atomic E-state index is 0.494. The van der Waals surface area contributed by atoms with Crippen molar-refractivity contribution in [1.82, 2.24) is 0 Å². The van der Waals surface area contributed by atoms with Gasteiger partial charge in [0.25, 0.3) is 0 Å². The molecule has 0 aromatic rings. The molecule has 1 aliphatic carbocycles. The zero-order chi connectivity index (χ0) is 13.1. The van der Waals surface area contributed by atoms with Crippen molar-refractivity contribution < 1.29 is 4.74 Å². The van der Waals surface area contributed by atoms with Crippen LogP contribution in [0.1, 0.15) is 52.9 Å². The van der Waals surface area contributed by atoms with Gasteiger partial charge in [0.15, 0.2) is 0 Å². The fourth-order valence-electron chi connectivity index (χ4n) is 3.92. The molecule has 0 aromatic carbocycles. The van der Waals surface area contributed by atoms with E-state index in [2.05, 4.69) is 32.5 Å². The molecule has 1 aliphatic heterocycles. The molecule has 106 valence electrons. The Kier molecular flexibility index (Phi) is 5.44. The van der Waals surface area contributed by atoms with Crippen LogP contribution in [-0.2, 0) is 4.74 Å². The largest absolute Gasteiger partial charge is 0.381 e. The molecular weight excluding hydrogens is 240 g/mol. The maximum atomic E-state index is 5.53. The first-order chi connectivity index (χ1) is 8.67. The Morgan fingerprint density at radius 2 is 2.06 bits per heavy atom. The molecule has 6 unspecified atom stereocenters. The van der Waals surface area contributed by atoms with Crippen molar-refractivity contribution in [3.63, 3.8) is 0 Å². The van der Waals surface area contributed by atoms with Crippen molar-refractivity contribution in [2.45, 2.75) is 64.2 Å². The highest BCUT2D eigenvalue weighted by Crippen LogP contribution is 2.51. The lowest BCUT2D eigenvalue weighted by atomic mass is 9.70. The van der Waals surface area contributed by atoms with Gasteiger partial charge in [-0.1, -0.05) is 27.2 Å². The third-order valence-electron chi connectivity index (χ3n) is 5.55. The summed E-state index contributed by atoms with van der Waals surface area (Å²) in [5.41, 5.74) is 0. The van der Waals surface area contributed by atoms with Gasteiger partial charge in [0.1, 0.15) is 0 Å². The molecular formula is C16H30OS. The van der Waals surface area contributed by atoms with Gasteiger partial charge in [0.2, 0.25) is 0 Å². The summed E-state index contributed by atoms with van der Waals surface area (Å²) in [5.74, 6) is 5.27. The first-order valence-corrected chi connectivity index (χ1v) is 8.86. The van der Waals surface area contributed by atoms with E-state index in [-0.39, 0.29) is 0 Å². The van der Waals surface area contributed by atoms with Crippen molar-refractivity contribution in [1.29, 1.82) is 0 Å². The molecule has 0 radical (unpaired) electrons. The Bertz CT molecular complexity index is 251. The SMILES string of the molecule is CCC(CCC1CSC2C(C)C(C)CCC12)OC. The minimum atomic E-state index is 0.494. The molecule has 2 fully saturated rings. The zero-order valence-corrected chi connectivity index (χ0v) is 13.3. The number of hydrogen-bond donors (Lipinski definition) is 0. The van der Waals surface area contributed by atoms with Crippen molar-refractivity contribution >= 4 is 11.8 Å². The number of ether oxygens (including phenoxy) is 1. The third kappa shape index (κ3) is 3.07. The van der Waals surface area contributed by atoms with Gasteiger partial charge < -0.3 is 4.74 Å². The van der Waals surface area contributed by atoms with Crippen LogP contribution >= 0.6 is 11.8 Å². The molecule has 0 N–H and O–H groups in total. The maximum absolute atomic E-state index is 5.53. The van der Waals surface area contributed by atoms with Crippen LogP contribution in [0, 0.1) is 23.7 Å². The van der Waals surface area contributed by atoms with Crippen molar-refractivity contribution in [3.05, 3.63) is 0 Å². The number of hydrogen-bond acceptors (Lipinski definition) is 2. The van der Waals surface area contributed by atoms with E-state index in [1.807, 2.05) is 7.11 Å². The first kappa shape index (κ1) is 14.7. The molecule has 1 heterocycles. The molecule has 0 spiro atoms. The van der Waals surface area contributed by atoms with Crippen LogP contribution in [0.5, 0.6) is 0 Å². The summed E-state index contributed by atoms with van der Waals surface area (Å²) in [5, 5.41) is 0.960. The summed E-state index contributed by atoms with van der Waals surface area (Å²) >= 11 is 2.27. The fourth-order valence-corrected chi connectivity index (χ4v) is 5.98. The van der Waals surface area contributed by atoms with Gasteiger partial charge >= 0.3 is 0 Å². The van der Waals surface area contributed by atoms with E-state index in [1.165, 1.54) is 31.4 Å². The maximum Gasteiger partial charge on any atom is 0.0568 e. The van der Waals surface area contributed by atoms with Crippen molar-refractivity contribution in [2.24, 2.45) is 23.7 Å². The number of methoxy groups -OCH3 is 1. The van der Waals surface area contributed by atoms with Gasteiger partial charge in [-0.2, -0.15) is 11.8 Å². The normalized spacial score (nSPS) is 41.7.